The highest BCUT2D eigenvalue weighted by Crippen LogP contribution is 2.65. The SMILES string of the molecule is O=C1[C@@H]2[C@@H]3C=C[C@H]([C@H]4C[C@H]34)[C@@H]2C(=O)N1c1ccc(Br)cc1. The average molecular weight is 344 g/mol. The lowest BCUT2D eigenvalue weighted by molar-refractivity contribution is -0.124. The molecule has 2 saturated carbocycles. The summed E-state index contributed by atoms with van der Waals surface area (Å²) in [6, 6.07) is 7.44. The molecule has 0 radical (unpaired) electrons. The molecule has 2 amide bonds. The fourth-order valence-corrected chi connectivity index (χ4v) is 5.07. The van der Waals surface area contributed by atoms with Gasteiger partial charge in [0.1, 0.15) is 0 Å². The van der Waals surface area contributed by atoms with Gasteiger partial charge in [0, 0.05) is 4.47 Å². The van der Waals surface area contributed by atoms with Crippen molar-refractivity contribution < 1.29 is 9.59 Å². The quantitative estimate of drug-likeness (QED) is 0.580. The average Bonchev–Trinajstić information content (AvgIpc) is 3.26. The van der Waals surface area contributed by atoms with E-state index in [0.29, 0.717) is 29.4 Å². The maximum Gasteiger partial charge on any atom is 0.238 e. The van der Waals surface area contributed by atoms with Crippen LogP contribution in [0.25, 0.3) is 0 Å². The third-order valence-corrected chi connectivity index (χ3v) is 6.28. The number of nitrogens with zero attached hydrogens (tertiary/aromatic N) is 1. The van der Waals surface area contributed by atoms with Gasteiger partial charge in [-0.25, -0.2) is 0 Å². The lowest BCUT2D eigenvalue weighted by Crippen LogP contribution is -2.40. The van der Waals surface area contributed by atoms with Gasteiger partial charge < -0.3 is 0 Å². The first kappa shape index (κ1) is 12.2. The first-order valence-corrected chi connectivity index (χ1v) is 8.28. The summed E-state index contributed by atoms with van der Waals surface area (Å²) < 4.78 is 0.950. The van der Waals surface area contributed by atoms with E-state index < -0.39 is 0 Å². The predicted molar refractivity (Wildman–Crippen MR) is 81.3 cm³/mol. The van der Waals surface area contributed by atoms with Gasteiger partial charge in [0.2, 0.25) is 11.8 Å². The van der Waals surface area contributed by atoms with Crippen molar-refractivity contribution in [3.63, 3.8) is 0 Å². The number of hydrogen-bond donors (Lipinski definition) is 0. The van der Waals surface area contributed by atoms with E-state index in [1.165, 1.54) is 11.3 Å². The van der Waals surface area contributed by atoms with E-state index in [1.54, 1.807) is 0 Å². The number of halogens is 1. The van der Waals surface area contributed by atoms with Crippen LogP contribution < -0.4 is 4.90 Å². The Morgan fingerprint density at radius 1 is 0.905 bits per heavy atom. The molecule has 5 aliphatic rings. The van der Waals surface area contributed by atoms with E-state index in [0.717, 1.165) is 4.47 Å². The van der Waals surface area contributed by atoms with Gasteiger partial charge in [0.25, 0.3) is 0 Å². The molecule has 1 aromatic rings. The van der Waals surface area contributed by atoms with Crippen LogP contribution in [0, 0.1) is 35.5 Å². The van der Waals surface area contributed by atoms with Gasteiger partial charge >= 0.3 is 0 Å². The van der Waals surface area contributed by atoms with Crippen LogP contribution in [-0.2, 0) is 9.59 Å². The fourth-order valence-electron chi connectivity index (χ4n) is 4.80. The van der Waals surface area contributed by atoms with Crippen molar-refractivity contribution in [1.82, 2.24) is 0 Å². The Bertz CT molecular complexity index is 659. The minimum absolute atomic E-state index is 0.0111. The highest BCUT2D eigenvalue weighted by Gasteiger charge is 2.67. The standard InChI is InChI=1S/C17H14BrNO2/c18-8-1-3-9(4-2-8)19-16(20)14-10-5-6-11(13-7-12(10)13)15(14)17(19)21/h1-6,10-15H,7H2/t10-,11-,12-,13-,14-,15+/m1/s1. The molecule has 0 N–H and O–H groups in total. The topological polar surface area (TPSA) is 37.4 Å². The number of carbonyl (C=O) groups excluding carboxylic acids is 2. The molecule has 21 heavy (non-hydrogen) atoms. The van der Waals surface area contributed by atoms with Crippen LogP contribution in [0.5, 0.6) is 0 Å². The van der Waals surface area contributed by atoms with Crippen molar-refractivity contribution in [3.8, 4) is 0 Å². The summed E-state index contributed by atoms with van der Waals surface area (Å²) in [7, 11) is 0. The van der Waals surface area contributed by atoms with Gasteiger partial charge in [-0.05, 0) is 54.4 Å². The van der Waals surface area contributed by atoms with Crippen LogP contribution in [0.3, 0.4) is 0 Å². The van der Waals surface area contributed by atoms with Gasteiger partial charge in [-0.1, -0.05) is 28.1 Å². The fraction of sp³-hybridized carbons (Fsp3) is 0.412. The van der Waals surface area contributed by atoms with E-state index in [4.69, 9.17) is 0 Å². The van der Waals surface area contributed by atoms with E-state index in [-0.39, 0.29) is 23.7 Å². The molecule has 0 aromatic heterocycles. The Kier molecular flexibility index (Phi) is 2.23. The highest BCUT2D eigenvalue weighted by molar-refractivity contribution is 9.10. The third-order valence-electron chi connectivity index (χ3n) is 5.75. The van der Waals surface area contributed by atoms with Gasteiger partial charge in [0.15, 0.2) is 0 Å². The zero-order valence-corrected chi connectivity index (χ0v) is 12.9. The van der Waals surface area contributed by atoms with Crippen LogP contribution in [0.4, 0.5) is 5.69 Å². The second-order valence-electron chi connectivity index (χ2n) is 6.64. The number of anilines is 1. The van der Waals surface area contributed by atoms with Gasteiger partial charge in [0.05, 0.1) is 17.5 Å². The van der Waals surface area contributed by atoms with Gasteiger partial charge in [-0.2, -0.15) is 0 Å². The molecule has 4 heteroatoms. The monoisotopic (exact) mass is 343 g/mol. The van der Waals surface area contributed by atoms with E-state index >= 15 is 0 Å². The van der Waals surface area contributed by atoms with Crippen LogP contribution >= 0.6 is 15.9 Å². The molecule has 0 spiro atoms. The summed E-state index contributed by atoms with van der Waals surface area (Å²) in [5.74, 6) is 1.70. The predicted octanol–water partition coefficient (Wildman–Crippen LogP) is 3.01. The van der Waals surface area contributed by atoms with Crippen LogP contribution in [0.1, 0.15) is 6.42 Å². The summed E-state index contributed by atoms with van der Waals surface area (Å²) in [6.45, 7) is 0. The summed E-state index contributed by atoms with van der Waals surface area (Å²) in [4.78, 5) is 27.1. The van der Waals surface area contributed by atoms with Crippen LogP contribution in [0.15, 0.2) is 40.9 Å². The Morgan fingerprint density at radius 3 is 1.95 bits per heavy atom. The van der Waals surface area contributed by atoms with E-state index in [1.807, 2.05) is 24.3 Å². The number of imide groups is 1. The van der Waals surface area contributed by atoms with Crippen molar-refractivity contribution in [2.75, 3.05) is 4.90 Å². The van der Waals surface area contributed by atoms with Crippen LogP contribution in [0.2, 0.25) is 0 Å². The number of rotatable bonds is 1. The molecular formula is C17H14BrNO2. The first-order chi connectivity index (χ1) is 10.2. The van der Waals surface area contributed by atoms with Crippen molar-refractivity contribution in [2.24, 2.45) is 35.5 Å². The molecule has 106 valence electrons. The molecule has 1 saturated heterocycles. The maximum absolute atomic E-state index is 12.8. The van der Waals surface area contributed by atoms with Crippen molar-refractivity contribution in [2.45, 2.75) is 6.42 Å². The van der Waals surface area contributed by atoms with Gasteiger partial charge in [-0.15, -0.1) is 0 Å². The Labute approximate surface area is 131 Å². The Morgan fingerprint density at radius 2 is 1.43 bits per heavy atom. The molecule has 3 fully saturated rings. The molecule has 6 atom stereocenters. The zero-order valence-electron chi connectivity index (χ0n) is 11.3. The number of amides is 2. The maximum atomic E-state index is 12.8. The molecule has 0 unspecified atom stereocenters. The summed E-state index contributed by atoms with van der Waals surface area (Å²) in [6.07, 6.45) is 5.61. The van der Waals surface area contributed by atoms with E-state index in [2.05, 4.69) is 28.1 Å². The molecule has 4 aliphatic carbocycles. The van der Waals surface area contributed by atoms with Crippen LogP contribution in [-0.4, -0.2) is 11.8 Å². The summed E-state index contributed by atoms with van der Waals surface area (Å²) in [5.41, 5.74) is 0.704. The normalized spacial score (nSPS) is 42.2. The first-order valence-electron chi connectivity index (χ1n) is 7.48. The summed E-state index contributed by atoms with van der Waals surface area (Å²) in [5, 5.41) is 0. The van der Waals surface area contributed by atoms with Crippen molar-refractivity contribution in [3.05, 3.63) is 40.9 Å². The molecule has 2 bridgehead atoms. The molecule has 1 heterocycles. The number of hydrogen-bond acceptors (Lipinski definition) is 2. The van der Waals surface area contributed by atoms with Crippen molar-refractivity contribution in [1.29, 1.82) is 0 Å². The number of carbonyl (C=O) groups is 2. The smallest absolute Gasteiger partial charge is 0.238 e. The van der Waals surface area contributed by atoms with Crippen molar-refractivity contribution >= 4 is 33.4 Å². The number of allylic oxidation sites excluding steroid dienone is 2. The largest absolute Gasteiger partial charge is 0.274 e. The lowest BCUT2D eigenvalue weighted by Gasteiger charge is -2.37. The van der Waals surface area contributed by atoms with Gasteiger partial charge in [-0.3, -0.25) is 14.5 Å². The minimum Gasteiger partial charge on any atom is -0.274 e. The summed E-state index contributed by atoms with van der Waals surface area (Å²) >= 11 is 3.39. The molecule has 3 nitrogen and oxygen atoms in total. The third kappa shape index (κ3) is 1.44. The minimum atomic E-state index is -0.111. The lowest BCUT2D eigenvalue weighted by atomic mass is 9.63. The zero-order chi connectivity index (χ0) is 14.3. The highest BCUT2D eigenvalue weighted by atomic mass is 79.9. The molecule has 1 aliphatic heterocycles. The molecular weight excluding hydrogens is 330 g/mol. The van der Waals surface area contributed by atoms with E-state index in [9.17, 15) is 9.59 Å². The Balaban J connectivity index is 1.58. The Hall–Kier alpha value is -1.42. The molecule has 1 aromatic carbocycles. The second-order valence-corrected chi connectivity index (χ2v) is 7.56. The second kappa shape index (κ2) is 3.86. The number of benzene rings is 1. The molecule has 6 rings (SSSR count).